The Morgan fingerprint density at radius 2 is 2.06 bits per heavy atom. The highest BCUT2D eigenvalue weighted by atomic mass is 32.2. The number of benzene rings is 1. The minimum absolute atomic E-state index is 0.0259. The fraction of sp³-hybridized carbons (Fsp3) is 0.238. The van der Waals surface area contributed by atoms with Crippen molar-refractivity contribution in [2.75, 3.05) is 16.3 Å². The molecule has 3 aromatic rings. The third-order valence-corrected chi connectivity index (χ3v) is 8.32. The van der Waals surface area contributed by atoms with E-state index in [1.54, 1.807) is 55.1 Å². The second-order valence-corrected chi connectivity index (χ2v) is 11.0. The van der Waals surface area contributed by atoms with Crippen LogP contribution in [0, 0.1) is 12.8 Å². The van der Waals surface area contributed by atoms with Gasteiger partial charge in [-0.25, -0.2) is 8.42 Å². The fourth-order valence-electron chi connectivity index (χ4n) is 2.84. The lowest BCUT2D eigenvalue weighted by Crippen LogP contribution is -2.14. The molecule has 2 N–H and O–H groups in total. The highest BCUT2D eigenvalue weighted by Gasteiger charge is 2.30. The maximum Gasteiger partial charge on any atom is 0.271 e. The van der Waals surface area contributed by atoms with Crippen LogP contribution < -0.4 is 10.0 Å². The normalized spacial score (nSPS) is 14.1. The van der Waals surface area contributed by atoms with Crippen molar-refractivity contribution in [3.63, 3.8) is 0 Å². The van der Waals surface area contributed by atoms with E-state index in [4.69, 9.17) is 4.52 Å². The number of nitrogens with one attached hydrogen (secondary N) is 2. The van der Waals surface area contributed by atoms with E-state index in [0.29, 0.717) is 22.8 Å². The molecular formula is C21H21N3O4S3. The average molecular weight is 476 g/mol. The summed E-state index contributed by atoms with van der Waals surface area (Å²) in [6, 6.07) is 10.5. The zero-order valence-corrected chi connectivity index (χ0v) is 19.4. The van der Waals surface area contributed by atoms with Crippen LogP contribution in [0.4, 0.5) is 11.4 Å². The molecule has 1 aromatic carbocycles. The van der Waals surface area contributed by atoms with Gasteiger partial charge < -0.3 is 9.84 Å². The van der Waals surface area contributed by atoms with Crippen LogP contribution in [-0.4, -0.2) is 25.7 Å². The molecular weight excluding hydrogens is 454 g/mol. The van der Waals surface area contributed by atoms with Crippen molar-refractivity contribution in [2.24, 2.45) is 5.92 Å². The molecule has 0 radical (unpaired) electrons. The van der Waals surface area contributed by atoms with E-state index in [9.17, 15) is 13.2 Å². The highest BCUT2D eigenvalue weighted by Crippen LogP contribution is 2.32. The molecule has 1 aliphatic carbocycles. The monoisotopic (exact) mass is 475 g/mol. The van der Waals surface area contributed by atoms with Gasteiger partial charge in [-0.05, 0) is 68.5 Å². The summed E-state index contributed by atoms with van der Waals surface area (Å²) >= 11 is 2.68. The van der Waals surface area contributed by atoms with Crippen LogP contribution in [-0.2, 0) is 14.8 Å². The molecule has 7 nitrogen and oxygen atoms in total. The van der Waals surface area contributed by atoms with Crippen LogP contribution in [0.15, 0.2) is 50.0 Å². The van der Waals surface area contributed by atoms with Gasteiger partial charge in [0, 0.05) is 21.4 Å². The predicted octanol–water partition coefficient (Wildman–Crippen LogP) is 5.09. The number of amides is 1. The Morgan fingerprint density at radius 3 is 2.81 bits per heavy atom. The number of thiophene rings is 1. The summed E-state index contributed by atoms with van der Waals surface area (Å²) in [7, 11) is -3.69. The van der Waals surface area contributed by atoms with Crippen LogP contribution in [0.1, 0.15) is 29.2 Å². The molecule has 0 unspecified atom stereocenters. The average Bonchev–Trinajstić information content (AvgIpc) is 3.39. The summed E-state index contributed by atoms with van der Waals surface area (Å²) in [5, 5.41) is 6.79. The number of aryl methyl sites for hydroxylation is 1. The molecule has 0 bridgehead atoms. The molecule has 1 saturated carbocycles. The zero-order chi connectivity index (χ0) is 22.0. The first-order chi connectivity index (χ1) is 14.9. The Balaban J connectivity index is 1.49. The zero-order valence-electron chi connectivity index (χ0n) is 16.9. The Bertz CT molecular complexity index is 1240. The van der Waals surface area contributed by atoms with Gasteiger partial charge in [0.1, 0.15) is 15.6 Å². The predicted molar refractivity (Wildman–Crippen MR) is 125 cm³/mol. The van der Waals surface area contributed by atoms with E-state index in [-0.39, 0.29) is 16.0 Å². The molecule has 4 rings (SSSR count). The van der Waals surface area contributed by atoms with Crippen LogP contribution in [0.25, 0.3) is 12.2 Å². The largest absolute Gasteiger partial charge is 0.354 e. The fourth-order valence-corrected chi connectivity index (χ4v) is 5.58. The second kappa shape index (κ2) is 8.89. The summed E-state index contributed by atoms with van der Waals surface area (Å²) in [5.41, 5.74) is 1.66. The van der Waals surface area contributed by atoms with Gasteiger partial charge in [-0.2, -0.15) is 0 Å². The summed E-state index contributed by atoms with van der Waals surface area (Å²) in [4.78, 5) is 13.8. The highest BCUT2D eigenvalue weighted by molar-refractivity contribution is 7.98. The third kappa shape index (κ3) is 5.20. The lowest BCUT2D eigenvalue weighted by molar-refractivity contribution is -0.117. The van der Waals surface area contributed by atoms with Gasteiger partial charge in [0.25, 0.3) is 10.0 Å². The van der Waals surface area contributed by atoms with E-state index in [0.717, 1.165) is 34.0 Å². The van der Waals surface area contributed by atoms with Crippen molar-refractivity contribution >= 4 is 62.6 Å². The van der Waals surface area contributed by atoms with Gasteiger partial charge in [-0.3, -0.25) is 9.52 Å². The van der Waals surface area contributed by atoms with Gasteiger partial charge in [-0.15, -0.1) is 23.1 Å². The lowest BCUT2D eigenvalue weighted by atomic mass is 10.2. The number of thioether (sulfide) groups is 1. The number of sulfonamides is 1. The van der Waals surface area contributed by atoms with Crippen LogP contribution in [0.5, 0.6) is 0 Å². The molecule has 1 fully saturated rings. The van der Waals surface area contributed by atoms with E-state index in [1.165, 1.54) is 0 Å². The van der Waals surface area contributed by atoms with E-state index in [1.807, 2.05) is 18.4 Å². The maximum absolute atomic E-state index is 12.7. The number of aromatic nitrogens is 1. The number of hydrogen-bond acceptors (Lipinski definition) is 7. The molecule has 2 heterocycles. The minimum atomic E-state index is -3.69. The summed E-state index contributed by atoms with van der Waals surface area (Å²) < 4.78 is 33.6. The number of carbonyl (C=O) groups is 1. The quantitative estimate of drug-likeness (QED) is 0.440. The number of nitrogens with zero attached hydrogens (tertiary/aromatic N) is 1. The molecule has 2 aromatic heterocycles. The van der Waals surface area contributed by atoms with Crippen molar-refractivity contribution in [3.05, 3.63) is 52.7 Å². The first-order valence-electron chi connectivity index (χ1n) is 9.57. The molecule has 31 heavy (non-hydrogen) atoms. The topological polar surface area (TPSA) is 101 Å². The van der Waals surface area contributed by atoms with E-state index in [2.05, 4.69) is 15.2 Å². The van der Waals surface area contributed by atoms with Crippen LogP contribution in [0.2, 0.25) is 0 Å². The molecule has 0 aliphatic heterocycles. The van der Waals surface area contributed by atoms with Gasteiger partial charge in [0.15, 0.2) is 5.76 Å². The van der Waals surface area contributed by atoms with Crippen molar-refractivity contribution in [3.8, 4) is 0 Å². The van der Waals surface area contributed by atoms with Gasteiger partial charge in [-0.1, -0.05) is 11.2 Å². The van der Waals surface area contributed by atoms with Crippen molar-refractivity contribution in [1.82, 2.24) is 5.16 Å². The van der Waals surface area contributed by atoms with Crippen molar-refractivity contribution in [2.45, 2.75) is 28.9 Å². The molecule has 162 valence electrons. The van der Waals surface area contributed by atoms with E-state index < -0.39 is 10.0 Å². The first kappa shape index (κ1) is 21.7. The molecule has 1 amide bonds. The summed E-state index contributed by atoms with van der Waals surface area (Å²) in [6.07, 6.45) is 7.17. The number of carbonyl (C=O) groups excluding carboxylic acids is 1. The van der Waals surface area contributed by atoms with E-state index >= 15 is 0 Å². The first-order valence-corrected chi connectivity index (χ1v) is 13.1. The lowest BCUT2D eigenvalue weighted by Gasteiger charge is -2.07. The summed E-state index contributed by atoms with van der Waals surface area (Å²) in [6.45, 7) is 1.76. The molecule has 0 spiro atoms. The minimum Gasteiger partial charge on any atom is -0.354 e. The molecule has 10 heteroatoms. The summed E-state index contributed by atoms with van der Waals surface area (Å²) in [5.74, 6) is 0.471. The Hall–Kier alpha value is -2.56. The Morgan fingerprint density at radius 1 is 1.26 bits per heavy atom. The van der Waals surface area contributed by atoms with Gasteiger partial charge in [0.05, 0.1) is 0 Å². The molecule has 0 saturated heterocycles. The van der Waals surface area contributed by atoms with Crippen molar-refractivity contribution < 1.29 is 17.7 Å². The number of anilines is 2. The van der Waals surface area contributed by atoms with Crippen molar-refractivity contribution in [1.29, 1.82) is 0 Å². The van der Waals surface area contributed by atoms with Gasteiger partial charge in [0.2, 0.25) is 5.91 Å². The maximum atomic E-state index is 12.7. The standard InChI is InChI=1S/C21H21N3O4S3/c1-13-20(22-21(25)14-6-7-14)18(28-23-13)10-8-16-9-11-19(30-16)31(26,27)24-15-4-3-5-17(12-15)29-2/h3-5,8-12,14,24H,6-7H2,1-2H3,(H,22,25). The molecule has 1 aliphatic rings. The SMILES string of the molecule is CSc1cccc(NS(=O)(=O)c2ccc(C=Cc3onc(C)c3NC(=O)C3CC3)s2)c1. The number of rotatable bonds is 8. The Kier molecular flexibility index (Phi) is 6.22. The smallest absolute Gasteiger partial charge is 0.271 e. The Labute approximate surface area is 189 Å². The second-order valence-electron chi connectivity index (χ2n) is 7.10. The molecule has 0 atom stereocenters. The van der Waals surface area contributed by atoms with Gasteiger partial charge >= 0.3 is 0 Å². The number of hydrogen-bond donors (Lipinski definition) is 2. The third-order valence-electron chi connectivity index (χ3n) is 4.67. The van der Waals surface area contributed by atoms with Crippen LogP contribution >= 0.6 is 23.1 Å². The van der Waals surface area contributed by atoms with Crippen LogP contribution in [0.3, 0.4) is 0 Å².